The second-order valence-corrected chi connectivity index (χ2v) is 6.87. The quantitative estimate of drug-likeness (QED) is 0.848. The third kappa shape index (κ3) is 3.70. The maximum Gasteiger partial charge on any atom is 0.225 e. The molecule has 0 radical (unpaired) electrons. The van der Waals surface area contributed by atoms with Crippen LogP contribution >= 0.6 is 0 Å². The highest BCUT2D eigenvalue weighted by atomic mass is 16.3. The number of aryl methyl sites for hydroxylation is 1. The van der Waals surface area contributed by atoms with Gasteiger partial charge in [-0.2, -0.15) is 0 Å². The molecule has 1 amide bonds. The maximum absolute atomic E-state index is 12.7. The van der Waals surface area contributed by atoms with Crippen LogP contribution in [0, 0.1) is 12.8 Å². The van der Waals surface area contributed by atoms with Gasteiger partial charge in [0.25, 0.3) is 0 Å². The van der Waals surface area contributed by atoms with Gasteiger partial charge in [0, 0.05) is 42.9 Å². The molecule has 1 aromatic rings. The molecule has 126 valence electrons. The third-order valence-corrected chi connectivity index (χ3v) is 5.24. The van der Waals surface area contributed by atoms with E-state index in [0.29, 0.717) is 12.3 Å². The fourth-order valence-corrected chi connectivity index (χ4v) is 3.75. The molecular formula is C17H26N4O2. The van der Waals surface area contributed by atoms with E-state index in [1.807, 2.05) is 24.1 Å². The molecule has 2 fully saturated rings. The van der Waals surface area contributed by atoms with Crippen molar-refractivity contribution in [2.24, 2.45) is 11.7 Å². The number of likely N-dealkylation sites (tertiary alicyclic amines) is 1. The predicted molar refractivity (Wildman–Crippen MR) is 86.6 cm³/mol. The summed E-state index contributed by atoms with van der Waals surface area (Å²) in [5.74, 6) is 1.33. The molecule has 0 aromatic carbocycles. The summed E-state index contributed by atoms with van der Waals surface area (Å²) in [6.45, 7) is 3.44. The Hall–Kier alpha value is -1.53. The highest BCUT2D eigenvalue weighted by Gasteiger charge is 2.34. The van der Waals surface area contributed by atoms with Crippen LogP contribution in [0.25, 0.3) is 0 Å². The molecule has 2 heterocycles. The zero-order chi connectivity index (χ0) is 16.4. The van der Waals surface area contributed by atoms with Gasteiger partial charge in [0.1, 0.15) is 5.82 Å². The number of hydrogen-bond donors (Lipinski definition) is 2. The summed E-state index contributed by atoms with van der Waals surface area (Å²) in [6, 6.07) is 1.80. The Balaban J connectivity index is 1.55. The Labute approximate surface area is 137 Å². The first-order valence-electron chi connectivity index (χ1n) is 8.56. The normalized spacial score (nSPS) is 29.5. The van der Waals surface area contributed by atoms with Crippen LogP contribution in [0.5, 0.6) is 0 Å². The molecule has 2 aliphatic rings. The van der Waals surface area contributed by atoms with E-state index in [-0.39, 0.29) is 17.9 Å². The number of piperidine rings is 1. The first kappa shape index (κ1) is 16.3. The SMILES string of the molecule is Cc1nccc(C2CCN(C(=O)[C@H]3CC[C@H](N)[C@@H](O)C3)CC2)n1. The zero-order valence-corrected chi connectivity index (χ0v) is 13.7. The first-order chi connectivity index (χ1) is 11.0. The van der Waals surface area contributed by atoms with E-state index >= 15 is 0 Å². The van der Waals surface area contributed by atoms with Crippen LogP contribution in [0.4, 0.5) is 0 Å². The van der Waals surface area contributed by atoms with E-state index in [1.54, 1.807) is 0 Å². The van der Waals surface area contributed by atoms with E-state index in [4.69, 9.17) is 5.73 Å². The van der Waals surface area contributed by atoms with E-state index in [1.165, 1.54) is 0 Å². The highest BCUT2D eigenvalue weighted by Crippen LogP contribution is 2.30. The minimum absolute atomic E-state index is 0.0670. The number of rotatable bonds is 2. The summed E-state index contributed by atoms with van der Waals surface area (Å²) in [5.41, 5.74) is 6.91. The van der Waals surface area contributed by atoms with Gasteiger partial charge in [0.05, 0.1) is 6.10 Å². The van der Waals surface area contributed by atoms with Crippen molar-refractivity contribution in [1.29, 1.82) is 0 Å². The average molecular weight is 318 g/mol. The number of carbonyl (C=O) groups is 1. The van der Waals surface area contributed by atoms with Crippen molar-refractivity contribution in [1.82, 2.24) is 14.9 Å². The first-order valence-corrected chi connectivity index (χ1v) is 8.56. The number of aromatic nitrogens is 2. The van der Waals surface area contributed by atoms with Crippen molar-refractivity contribution in [2.75, 3.05) is 13.1 Å². The predicted octanol–water partition coefficient (Wildman–Crippen LogP) is 0.979. The number of amides is 1. The standard InChI is InChI=1S/C17H26N4O2/c1-11-19-7-4-15(20-11)12-5-8-21(9-6-12)17(23)13-2-3-14(18)16(22)10-13/h4,7,12-14,16,22H,2-3,5-6,8-10,18H2,1H3/t13-,14-,16-/m0/s1. The number of carbonyl (C=O) groups excluding carboxylic acids is 1. The summed E-state index contributed by atoms with van der Waals surface area (Å²) < 4.78 is 0. The molecule has 6 nitrogen and oxygen atoms in total. The molecule has 3 N–H and O–H groups in total. The Bertz CT molecular complexity index is 557. The molecule has 6 heteroatoms. The van der Waals surface area contributed by atoms with E-state index < -0.39 is 6.10 Å². The van der Waals surface area contributed by atoms with Crippen LogP contribution in [0.1, 0.15) is 49.5 Å². The summed E-state index contributed by atoms with van der Waals surface area (Å²) in [4.78, 5) is 23.3. The molecule has 1 saturated heterocycles. The van der Waals surface area contributed by atoms with Crippen molar-refractivity contribution >= 4 is 5.91 Å². The molecule has 1 aliphatic carbocycles. The van der Waals surface area contributed by atoms with Gasteiger partial charge < -0.3 is 15.7 Å². The van der Waals surface area contributed by atoms with Crippen LogP contribution < -0.4 is 5.73 Å². The van der Waals surface area contributed by atoms with E-state index in [0.717, 1.165) is 50.3 Å². The fraction of sp³-hybridized carbons (Fsp3) is 0.706. The van der Waals surface area contributed by atoms with Gasteiger partial charge >= 0.3 is 0 Å². The molecule has 0 unspecified atom stereocenters. The minimum atomic E-state index is -0.542. The number of aliphatic hydroxyl groups is 1. The molecular weight excluding hydrogens is 292 g/mol. The van der Waals surface area contributed by atoms with Crippen molar-refractivity contribution in [2.45, 2.75) is 57.1 Å². The molecule has 0 spiro atoms. The third-order valence-electron chi connectivity index (χ3n) is 5.24. The summed E-state index contributed by atoms with van der Waals surface area (Å²) in [5, 5.41) is 9.90. The van der Waals surface area contributed by atoms with Crippen LogP contribution in [0.2, 0.25) is 0 Å². The summed E-state index contributed by atoms with van der Waals surface area (Å²) in [6.07, 6.45) is 5.18. The molecule has 23 heavy (non-hydrogen) atoms. The summed E-state index contributed by atoms with van der Waals surface area (Å²) in [7, 11) is 0. The molecule has 1 saturated carbocycles. The lowest BCUT2D eigenvalue weighted by molar-refractivity contribution is -0.139. The van der Waals surface area contributed by atoms with E-state index in [9.17, 15) is 9.90 Å². The van der Waals surface area contributed by atoms with Crippen molar-refractivity contribution < 1.29 is 9.90 Å². The van der Waals surface area contributed by atoms with Gasteiger partial charge in [0.2, 0.25) is 5.91 Å². The van der Waals surface area contributed by atoms with Gasteiger partial charge in [-0.3, -0.25) is 4.79 Å². The second kappa shape index (κ2) is 6.93. The van der Waals surface area contributed by atoms with Gasteiger partial charge in [0.15, 0.2) is 0 Å². The number of aliphatic hydroxyl groups excluding tert-OH is 1. The molecule has 1 aromatic heterocycles. The van der Waals surface area contributed by atoms with Crippen molar-refractivity contribution in [3.63, 3.8) is 0 Å². The number of nitrogens with two attached hydrogens (primary N) is 1. The van der Waals surface area contributed by atoms with E-state index in [2.05, 4.69) is 9.97 Å². The molecule has 0 bridgehead atoms. The zero-order valence-electron chi connectivity index (χ0n) is 13.7. The van der Waals surface area contributed by atoms with Gasteiger partial charge in [-0.05, 0) is 45.1 Å². The topological polar surface area (TPSA) is 92.3 Å². The lowest BCUT2D eigenvalue weighted by atomic mass is 9.83. The Morgan fingerprint density at radius 3 is 2.70 bits per heavy atom. The van der Waals surface area contributed by atoms with Crippen molar-refractivity contribution in [3.8, 4) is 0 Å². The Kier molecular flexibility index (Phi) is 4.92. The maximum atomic E-state index is 12.7. The number of hydrogen-bond acceptors (Lipinski definition) is 5. The minimum Gasteiger partial charge on any atom is -0.391 e. The monoisotopic (exact) mass is 318 g/mol. The lowest BCUT2D eigenvalue weighted by Crippen LogP contribution is -2.47. The molecule has 3 rings (SSSR count). The van der Waals surface area contributed by atoms with Crippen molar-refractivity contribution in [3.05, 3.63) is 23.8 Å². The van der Waals surface area contributed by atoms with Crippen LogP contribution in [0.15, 0.2) is 12.3 Å². The smallest absolute Gasteiger partial charge is 0.225 e. The van der Waals surface area contributed by atoms with Gasteiger partial charge in [-0.15, -0.1) is 0 Å². The second-order valence-electron chi connectivity index (χ2n) is 6.87. The average Bonchev–Trinajstić information content (AvgIpc) is 2.57. The van der Waals surface area contributed by atoms with Gasteiger partial charge in [-0.25, -0.2) is 9.97 Å². The number of nitrogens with zero attached hydrogens (tertiary/aromatic N) is 3. The van der Waals surface area contributed by atoms with Crippen LogP contribution in [0.3, 0.4) is 0 Å². The molecule has 3 atom stereocenters. The highest BCUT2D eigenvalue weighted by molar-refractivity contribution is 5.79. The Morgan fingerprint density at radius 1 is 1.30 bits per heavy atom. The fourth-order valence-electron chi connectivity index (χ4n) is 3.75. The largest absolute Gasteiger partial charge is 0.391 e. The van der Waals surface area contributed by atoms with Crippen LogP contribution in [-0.2, 0) is 4.79 Å². The summed E-state index contributed by atoms with van der Waals surface area (Å²) >= 11 is 0. The van der Waals surface area contributed by atoms with Gasteiger partial charge in [-0.1, -0.05) is 0 Å². The van der Waals surface area contributed by atoms with Crippen LogP contribution in [-0.4, -0.2) is 51.1 Å². The molecule has 1 aliphatic heterocycles. The lowest BCUT2D eigenvalue weighted by Gasteiger charge is -2.37. The Morgan fingerprint density at radius 2 is 2.04 bits per heavy atom.